The lowest BCUT2D eigenvalue weighted by Gasteiger charge is -2.16. The molecule has 0 saturated carbocycles. The zero-order valence-electron chi connectivity index (χ0n) is 18.5. The molecule has 0 unspecified atom stereocenters. The van der Waals surface area contributed by atoms with Gasteiger partial charge in [0.1, 0.15) is 9.84 Å². The van der Waals surface area contributed by atoms with Crippen molar-refractivity contribution in [2.75, 3.05) is 29.2 Å². The number of hydrogen-bond acceptors (Lipinski definition) is 6. The largest absolute Gasteiger partial charge is 0.376 e. The maximum atomic E-state index is 11.7. The normalized spacial score (nSPS) is 11.6. The summed E-state index contributed by atoms with van der Waals surface area (Å²) in [6.07, 6.45) is 1.18. The Hall–Kier alpha value is -3.49. The molecule has 0 saturated heterocycles. The number of carbonyl (C=O) groups excluding carboxylic acids is 1. The van der Waals surface area contributed by atoms with Gasteiger partial charge in [0.05, 0.1) is 35.7 Å². The van der Waals surface area contributed by atoms with Crippen LogP contribution in [0.2, 0.25) is 0 Å². The molecule has 0 aliphatic rings. The maximum Gasteiger partial charge on any atom is 0.221 e. The first kappa shape index (κ1) is 22.7. The van der Waals surface area contributed by atoms with E-state index in [1.807, 2.05) is 66.7 Å². The van der Waals surface area contributed by atoms with Gasteiger partial charge in [0, 0.05) is 35.3 Å². The van der Waals surface area contributed by atoms with Crippen LogP contribution in [0.4, 0.5) is 17.1 Å². The van der Waals surface area contributed by atoms with Gasteiger partial charge in [-0.1, -0.05) is 36.4 Å². The van der Waals surface area contributed by atoms with Gasteiger partial charge in [-0.3, -0.25) is 4.79 Å². The number of carbonyl (C=O) groups is 1. The van der Waals surface area contributed by atoms with E-state index in [4.69, 9.17) is 9.72 Å². The summed E-state index contributed by atoms with van der Waals surface area (Å²) in [6, 6.07) is 21.4. The number of nitrogens with zero attached hydrogens (tertiary/aromatic N) is 1. The summed E-state index contributed by atoms with van der Waals surface area (Å²) in [5, 5.41) is 8.29. The van der Waals surface area contributed by atoms with Crippen LogP contribution < -0.4 is 10.6 Å². The number of hydrogen-bond donors (Lipinski definition) is 2. The van der Waals surface area contributed by atoms with Crippen LogP contribution in [0.15, 0.2) is 66.7 Å². The van der Waals surface area contributed by atoms with E-state index in [2.05, 4.69) is 10.6 Å². The van der Waals surface area contributed by atoms with Crippen LogP contribution >= 0.6 is 0 Å². The number of pyridine rings is 1. The molecular weight excluding hydrogens is 438 g/mol. The number of sulfone groups is 1. The quantitative estimate of drug-likeness (QED) is 0.292. The highest BCUT2D eigenvalue weighted by Crippen LogP contribution is 2.34. The Morgan fingerprint density at radius 1 is 0.939 bits per heavy atom. The van der Waals surface area contributed by atoms with E-state index in [-0.39, 0.29) is 24.9 Å². The van der Waals surface area contributed by atoms with Gasteiger partial charge in [-0.25, -0.2) is 13.4 Å². The second kappa shape index (κ2) is 9.56. The standard InChI is InChI=1S/C25H25N3O4S/c1-17(29)26-19-13-18(16-32-11-12-33(2,30)31)14-20(15-19)27-25-21-7-3-5-9-23(21)28-24-10-6-4-8-22(24)25/h3-10,13-15H,11-12,16H2,1-2H3,(H,26,29)(H,27,28). The number of amides is 1. The van der Waals surface area contributed by atoms with Gasteiger partial charge in [0.2, 0.25) is 5.91 Å². The molecule has 0 aliphatic carbocycles. The molecule has 4 aromatic rings. The van der Waals surface area contributed by atoms with Crippen LogP contribution in [0.3, 0.4) is 0 Å². The molecule has 0 spiro atoms. The smallest absolute Gasteiger partial charge is 0.221 e. The van der Waals surface area contributed by atoms with Crippen molar-refractivity contribution in [1.29, 1.82) is 0 Å². The fourth-order valence-electron chi connectivity index (χ4n) is 3.64. The van der Waals surface area contributed by atoms with Crippen LogP contribution in [0.1, 0.15) is 12.5 Å². The second-order valence-corrected chi connectivity index (χ2v) is 10.2. The molecule has 33 heavy (non-hydrogen) atoms. The SMILES string of the molecule is CC(=O)Nc1cc(COCCS(C)(=O)=O)cc(Nc2c3ccccc3nc3ccccc23)c1. The summed E-state index contributed by atoms with van der Waals surface area (Å²) in [7, 11) is -3.09. The van der Waals surface area contributed by atoms with Crippen LogP contribution in [-0.4, -0.2) is 37.9 Å². The molecular formula is C25H25N3O4S. The minimum Gasteiger partial charge on any atom is -0.376 e. The molecule has 4 rings (SSSR count). The van der Waals surface area contributed by atoms with Crippen molar-refractivity contribution in [3.05, 3.63) is 72.3 Å². The Labute approximate surface area is 192 Å². The fraction of sp³-hybridized carbons (Fsp3) is 0.200. The van der Waals surface area contributed by atoms with Crippen molar-refractivity contribution < 1.29 is 17.9 Å². The number of anilines is 3. The molecule has 8 heteroatoms. The lowest BCUT2D eigenvalue weighted by atomic mass is 10.1. The second-order valence-electron chi connectivity index (χ2n) is 7.93. The number of benzene rings is 3. The molecule has 0 radical (unpaired) electrons. The van der Waals surface area contributed by atoms with E-state index in [1.165, 1.54) is 13.2 Å². The number of rotatable bonds is 8. The van der Waals surface area contributed by atoms with E-state index in [0.29, 0.717) is 5.69 Å². The number of aromatic nitrogens is 1. The number of fused-ring (bicyclic) bond motifs is 2. The Morgan fingerprint density at radius 2 is 1.55 bits per heavy atom. The third-order valence-electron chi connectivity index (χ3n) is 5.04. The van der Waals surface area contributed by atoms with Gasteiger partial charge in [-0.15, -0.1) is 0 Å². The van der Waals surface area contributed by atoms with Crippen molar-refractivity contribution in [2.45, 2.75) is 13.5 Å². The highest BCUT2D eigenvalue weighted by atomic mass is 32.2. The van der Waals surface area contributed by atoms with Gasteiger partial charge in [-0.2, -0.15) is 0 Å². The zero-order valence-corrected chi connectivity index (χ0v) is 19.3. The first-order valence-corrected chi connectivity index (χ1v) is 12.6. The minimum absolute atomic E-state index is 0.0432. The summed E-state index contributed by atoms with van der Waals surface area (Å²) in [5.41, 5.74) is 4.86. The van der Waals surface area contributed by atoms with Crippen LogP contribution in [0.5, 0.6) is 0 Å². The average molecular weight is 464 g/mol. The molecule has 170 valence electrons. The highest BCUT2D eigenvalue weighted by Gasteiger charge is 2.11. The fourth-order valence-corrected chi connectivity index (χ4v) is 4.06. The van der Waals surface area contributed by atoms with E-state index >= 15 is 0 Å². The Kier molecular flexibility index (Phi) is 6.57. The van der Waals surface area contributed by atoms with Crippen molar-refractivity contribution in [2.24, 2.45) is 0 Å². The van der Waals surface area contributed by atoms with E-state index in [9.17, 15) is 13.2 Å². The first-order chi connectivity index (χ1) is 15.8. The summed E-state index contributed by atoms with van der Waals surface area (Å²) >= 11 is 0. The van der Waals surface area contributed by atoms with Gasteiger partial charge in [-0.05, 0) is 35.9 Å². The molecule has 1 heterocycles. The van der Waals surface area contributed by atoms with Crippen LogP contribution in [0, 0.1) is 0 Å². The van der Waals surface area contributed by atoms with Crippen molar-refractivity contribution >= 4 is 54.6 Å². The lowest BCUT2D eigenvalue weighted by molar-refractivity contribution is -0.114. The Bertz CT molecular complexity index is 1380. The number of ether oxygens (including phenoxy) is 1. The van der Waals surface area contributed by atoms with Crippen LogP contribution in [-0.2, 0) is 26.0 Å². The van der Waals surface area contributed by atoms with E-state index in [0.717, 1.165) is 38.7 Å². The summed E-state index contributed by atoms with van der Waals surface area (Å²) in [5.74, 6) is -0.228. The van der Waals surface area contributed by atoms with Gasteiger partial charge in [0.25, 0.3) is 0 Å². The molecule has 7 nitrogen and oxygen atoms in total. The molecule has 0 aliphatic heterocycles. The van der Waals surface area contributed by atoms with E-state index < -0.39 is 9.84 Å². The van der Waals surface area contributed by atoms with Gasteiger partial charge in [0.15, 0.2) is 0 Å². The van der Waals surface area contributed by atoms with Crippen LogP contribution in [0.25, 0.3) is 21.8 Å². The molecule has 0 bridgehead atoms. The third-order valence-corrected chi connectivity index (χ3v) is 5.95. The Balaban J connectivity index is 1.71. The topological polar surface area (TPSA) is 97.4 Å². The van der Waals surface area contributed by atoms with E-state index in [1.54, 1.807) is 0 Å². The number of para-hydroxylation sites is 2. The molecule has 0 atom stereocenters. The summed E-state index contributed by atoms with van der Waals surface area (Å²) in [4.78, 5) is 16.4. The highest BCUT2D eigenvalue weighted by molar-refractivity contribution is 7.90. The summed E-state index contributed by atoms with van der Waals surface area (Å²) in [6.45, 7) is 1.77. The number of nitrogens with one attached hydrogen (secondary N) is 2. The van der Waals surface area contributed by atoms with Crippen molar-refractivity contribution in [1.82, 2.24) is 4.98 Å². The Morgan fingerprint density at radius 3 is 2.15 bits per heavy atom. The molecule has 1 amide bonds. The molecule has 1 aromatic heterocycles. The minimum atomic E-state index is -3.09. The first-order valence-electron chi connectivity index (χ1n) is 10.5. The third kappa shape index (κ3) is 5.85. The maximum absolute atomic E-state index is 11.7. The predicted octanol–water partition coefficient (Wildman–Crippen LogP) is 4.65. The van der Waals surface area contributed by atoms with Gasteiger partial charge < -0.3 is 15.4 Å². The molecule has 2 N–H and O–H groups in total. The average Bonchev–Trinajstić information content (AvgIpc) is 2.75. The molecule has 3 aromatic carbocycles. The van der Waals surface area contributed by atoms with Crippen molar-refractivity contribution in [3.8, 4) is 0 Å². The predicted molar refractivity (Wildman–Crippen MR) is 133 cm³/mol. The van der Waals surface area contributed by atoms with Crippen molar-refractivity contribution in [3.63, 3.8) is 0 Å². The zero-order chi connectivity index (χ0) is 23.4. The molecule has 0 fully saturated rings. The monoisotopic (exact) mass is 463 g/mol. The summed E-state index contributed by atoms with van der Waals surface area (Å²) < 4.78 is 28.3. The van der Waals surface area contributed by atoms with Gasteiger partial charge >= 0.3 is 0 Å². The lowest BCUT2D eigenvalue weighted by Crippen LogP contribution is -2.10.